The van der Waals surface area contributed by atoms with Gasteiger partial charge in [0.05, 0.1) is 11.7 Å². The van der Waals surface area contributed by atoms with Crippen LogP contribution in [0.4, 0.5) is 18.9 Å². The van der Waals surface area contributed by atoms with E-state index in [1.807, 2.05) is 0 Å². The first-order valence-corrected chi connectivity index (χ1v) is 5.38. The number of benzene rings is 1. The lowest BCUT2D eigenvalue weighted by Gasteiger charge is -2.13. The van der Waals surface area contributed by atoms with Crippen LogP contribution in [0.3, 0.4) is 0 Å². The van der Waals surface area contributed by atoms with Crippen molar-refractivity contribution in [3.8, 4) is 0 Å². The maximum absolute atomic E-state index is 12.4. The molecule has 2 nitrogen and oxygen atoms in total. The van der Waals surface area contributed by atoms with Crippen LogP contribution in [0.25, 0.3) is 0 Å². The molecule has 6 heteroatoms. The molecule has 0 fully saturated rings. The first-order chi connectivity index (χ1) is 7.30. The van der Waals surface area contributed by atoms with Crippen molar-refractivity contribution in [1.82, 2.24) is 0 Å². The molecule has 0 unspecified atom stereocenters. The van der Waals surface area contributed by atoms with E-state index in [1.165, 1.54) is 6.07 Å². The second-order valence-corrected chi connectivity index (χ2v) is 4.28. The summed E-state index contributed by atoms with van der Waals surface area (Å²) >= 11 is 3.14. The molecule has 90 valence electrons. The molecule has 2 N–H and O–H groups in total. The van der Waals surface area contributed by atoms with E-state index in [0.29, 0.717) is 10.2 Å². The Morgan fingerprint density at radius 3 is 2.56 bits per heavy atom. The number of rotatable bonds is 3. The van der Waals surface area contributed by atoms with Crippen LogP contribution in [0, 0.1) is 0 Å². The van der Waals surface area contributed by atoms with Crippen molar-refractivity contribution in [2.24, 2.45) is 0 Å². The molecule has 0 saturated heterocycles. The summed E-state index contributed by atoms with van der Waals surface area (Å²) in [7, 11) is 0. The maximum atomic E-state index is 12.4. The van der Waals surface area contributed by atoms with Gasteiger partial charge in [-0.05, 0) is 41.1 Å². The van der Waals surface area contributed by atoms with E-state index in [-0.39, 0.29) is 6.54 Å². The molecular formula is C10H11BrF3NO. The first kappa shape index (κ1) is 13.3. The molecule has 1 rings (SSSR count). The number of halogens is 4. The van der Waals surface area contributed by atoms with Crippen LogP contribution >= 0.6 is 15.9 Å². The van der Waals surface area contributed by atoms with Gasteiger partial charge in [-0.2, -0.15) is 13.2 Å². The zero-order valence-electron chi connectivity index (χ0n) is 8.48. The molecule has 0 aliphatic carbocycles. The summed E-state index contributed by atoms with van der Waals surface area (Å²) in [6, 6.07) is 3.33. The van der Waals surface area contributed by atoms with E-state index < -0.39 is 17.8 Å². The van der Waals surface area contributed by atoms with Crippen LogP contribution < -0.4 is 5.32 Å². The lowest BCUT2D eigenvalue weighted by molar-refractivity contribution is -0.137. The quantitative estimate of drug-likeness (QED) is 0.897. The Hall–Kier alpha value is -0.750. The van der Waals surface area contributed by atoms with Gasteiger partial charge in [0.2, 0.25) is 0 Å². The van der Waals surface area contributed by atoms with E-state index in [1.54, 1.807) is 6.92 Å². The number of nitrogens with one attached hydrogen (secondary N) is 1. The normalized spacial score (nSPS) is 13.6. The number of aliphatic hydroxyl groups is 1. The lowest BCUT2D eigenvalue weighted by Crippen LogP contribution is -2.16. The average Bonchev–Trinajstić information content (AvgIpc) is 2.14. The van der Waals surface area contributed by atoms with Crippen LogP contribution in [-0.2, 0) is 6.18 Å². The van der Waals surface area contributed by atoms with E-state index in [2.05, 4.69) is 21.2 Å². The van der Waals surface area contributed by atoms with Gasteiger partial charge < -0.3 is 10.4 Å². The summed E-state index contributed by atoms with van der Waals surface area (Å²) in [6.45, 7) is 1.74. The number of hydrogen-bond acceptors (Lipinski definition) is 2. The molecule has 0 aromatic heterocycles. The Labute approximate surface area is 99.6 Å². The van der Waals surface area contributed by atoms with Gasteiger partial charge in [0.25, 0.3) is 0 Å². The van der Waals surface area contributed by atoms with Gasteiger partial charge in [0.15, 0.2) is 0 Å². The zero-order chi connectivity index (χ0) is 12.3. The van der Waals surface area contributed by atoms with Gasteiger partial charge in [0.1, 0.15) is 0 Å². The average molecular weight is 298 g/mol. The molecule has 0 amide bonds. The number of aliphatic hydroxyl groups excluding tert-OH is 1. The third-order valence-electron chi connectivity index (χ3n) is 1.88. The highest BCUT2D eigenvalue weighted by atomic mass is 79.9. The Morgan fingerprint density at radius 1 is 1.44 bits per heavy atom. The highest BCUT2D eigenvalue weighted by molar-refractivity contribution is 9.10. The minimum Gasteiger partial charge on any atom is -0.392 e. The summed E-state index contributed by atoms with van der Waals surface area (Å²) in [5.74, 6) is 0. The van der Waals surface area contributed by atoms with E-state index in [9.17, 15) is 13.2 Å². The molecule has 0 radical (unpaired) electrons. The van der Waals surface area contributed by atoms with Crippen LogP contribution in [-0.4, -0.2) is 17.8 Å². The van der Waals surface area contributed by atoms with E-state index in [0.717, 1.165) is 12.1 Å². The molecule has 0 bridgehead atoms. The van der Waals surface area contributed by atoms with Crippen molar-refractivity contribution in [1.29, 1.82) is 0 Å². The summed E-state index contributed by atoms with van der Waals surface area (Å²) in [4.78, 5) is 0. The predicted molar refractivity (Wildman–Crippen MR) is 59.3 cm³/mol. The summed E-state index contributed by atoms with van der Waals surface area (Å²) < 4.78 is 37.7. The van der Waals surface area contributed by atoms with Gasteiger partial charge in [0, 0.05) is 16.7 Å². The first-order valence-electron chi connectivity index (χ1n) is 4.59. The third-order valence-corrected chi connectivity index (χ3v) is 2.57. The minimum absolute atomic E-state index is 0.194. The van der Waals surface area contributed by atoms with Crippen molar-refractivity contribution in [3.05, 3.63) is 28.2 Å². The SMILES string of the molecule is C[C@@H](O)CNc1cc(C(F)(F)F)ccc1Br. The second kappa shape index (κ2) is 5.05. The molecule has 16 heavy (non-hydrogen) atoms. The van der Waals surface area contributed by atoms with Crippen molar-refractivity contribution in [2.45, 2.75) is 19.2 Å². The molecule has 0 aliphatic heterocycles. The summed E-state index contributed by atoms with van der Waals surface area (Å²) in [5.41, 5.74) is -0.403. The van der Waals surface area contributed by atoms with Crippen LogP contribution in [0.5, 0.6) is 0 Å². The number of alkyl halides is 3. The van der Waals surface area contributed by atoms with E-state index in [4.69, 9.17) is 5.11 Å². The van der Waals surface area contributed by atoms with Gasteiger partial charge in [-0.15, -0.1) is 0 Å². The monoisotopic (exact) mass is 297 g/mol. The molecular weight excluding hydrogens is 287 g/mol. The highest BCUT2D eigenvalue weighted by Crippen LogP contribution is 2.33. The Balaban J connectivity index is 2.91. The van der Waals surface area contributed by atoms with Gasteiger partial charge in [-0.25, -0.2) is 0 Å². The second-order valence-electron chi connectivity index (χ2n) is 3.42. The van der Waals surface area contributed by atoms with Gasteiger partial charge in [-0.3, -0.25) is 0 Å². The highest BCUT2D eigenvalue weighted by Gasteiger charge is 2.30. The smallest absolute Gasteiger partial charge is 0.392 e. The molecule has 0 heterocycles. The van der Waals surface area contributed by atoms with Crippen molar-refractivity contribution < 1.29 is 18.3 Å². The Morgan fingerprint density at radius 2 is 2.06 bits per heavy atom. The summed E-state index contributed by atoms with van der Waals surface area (Å²) in [5, 5.41) is 11.8. The van der Waals surface area contributed by atoms with Crippen LogP contribution in [0.15, 0.2) is 22.7 Å². The number of hydrogen-bond donors (Lipinski definition) is 2. The largest absolute Gasteiger partial charge is 0.416 e. The standard InChI is InChI=1S/C10H11BrF3NO/c1-6(16)5-15-9-4-7(10(12,13)14)2-3-8(9)11/h2-4,6,15-16H,5H2,1H3/t6-/m1/s1. The predicted octanol–water partition coefficient (Wildman–Crippen LogP) is 3.26. The Kier molecular flexibility index (Phi) is 4.21. The van der Waals surface area contributed by atoms with Crippen LogP contribution in [0.2, 0.25) is 0 Å². The molecule has 0 saturated carbocycles. The maximum Gasteiger partial charge on any atom is 0.416 e. The van der Waals surface area contributed by atoms with Gasteiger partial charge >= 0.3 is 6.18 Å². The molecule has 1 aromatic rings. The third kappa shape index (κ3) is 3.68. The van der Waals surface area contributed by atoms with Crippen LogP contribution in [0.1, 0.15) is 12.5 Å². The van der Waals surface area contributed by atoms with Gasteiger partial charge in [-0.1, -0.05) is 0 Å². The molecule has 1 atom stereocenters. The fourth-order valence-corrected chi connectivity index (χ4v) is 1.48. The van der Waals surface area contributed by atoms with Crippen molar-refractivity contribution in [3.63, 3.8) is 0 Å². The van der Waals surface area contributed by atoms with Crippen molar-refractivity contribution in [2.75, 3.05) is 11.9 Å². The fraction of sp³-hybridized carbons (Fsp3) is 0.400. The minimum atomic E-state index is -4.36. The summed E-state index contributed by atoms with van der Waals surface area (Å²) in [6.07, 6.45) is -4.98. The molecule has 1 aromatic carbocycles. The number of anilines is 1. The fourth-order valence-electron chi connectivity index (χ4n) is 1.09. The van der Waals surface area contributed by atoms with E-state index >= 15 is 0 Å². The Bertz CT molecular complexity index is 366. The molecule has 0 aliphatic rings. The molecule has 0 spiro atoms. The van der Waals surface area contributed by atoms with Crippen molar-refractivity contribution >= 4 is 21.6 Å². The zero-order valence-corrected chi connectivity index (χ0v) is 10.1. The topological polar surface area (TPSA) is 32.3 Å². The lowest BCUT2D eigenvalue weighted by atomic mass is 10.2.